The lowest BCUT2D eigenvalue weighted by molar-refractivity contribution is -0.139. The highest BCUT2D eigenvalue weighted by Crippen LogP contribution is 2.22. The number of aromatic nitrogens is 2. The first-order valence-corrected chi connectivity index (χ1v) is 7.01. The summed E-state index contributed by atoms with van der Waals surface area (Å²) in [4.78, 5) is 16.0. The number of aryl methyl sites for hydroxylation is 1. The second kappa shape index (κ2) is 5.89. The molecule has 0 aliphatic rings. The first-order chi connectivity index (χ1) is 10.7. The van der Waals surface area contributed by atoms with Gasteiger partial charge < -0.3 is 14.6 Å². The van der Waals surface area contributed by atoms with Gasteiger partial charge in [-0.3, -0.25) is 4.79 Å². The van der Waals surface area contributed by atoms with Gasteiger partial charge in [0.15, 0.2) is 0 Å². The van der Waals surface area contributed by atoms with Gasteiger partial charge in [0.1, 0.15) is 0 Å². The Morgan fingerprint density at radius 3 is 2.73 bits per heavy atom. The van der Waals surface area contributed by atoms with Crippen molar-refractivity contribution in [3.8, 4) is 0 Å². The number of esters is 1. The van der Waals surface area contributed by atoms with E-state index in [-0.39, 0.29) is 12.4 Å². The van der Waals surface area contributed by atoms with Crippen LogP contribution in [0.2, 0.25) is 0 Å². The average molecular weight is 295 g/mol. The molecule has 1 heterocycles. The minimum atomic E-state index is -0.246. The fourth-order valence-corrected chi connectivity index (χ4v) is 2.35. The number of benzene rings is 2. The van der Waals surface area contributed by atoms with E-state index in [0.29, 0.717) is 0 Å². The first kappa shape index (κ1) is 14.1. The number of imidazole rings is 1. The van der Waals surface area contributed by atoms with E-state index >= 15 is 0 Å². The van der Waals surface area contributed by atoms with Gasteiger partial charge in [-0.25, -0.2) is 4.98 Å². The van der Waals surface area contributed by atoms with E-state index < -0.39 is 0 Å². The number of carbonyl (C=O) groups excluding carboxylic acids is 1. The van der Waals surface area contributed by atoms with Gasteiger partial charge in [0.05, 0.1) is 24.6 Å². The summed E-state index contributed by atoms with van der Waals surface area (Å²) in [6, 6.07) is 15.7. The second-order valence-electron chi connectivity index (χ2n) is 5.06. The number of para-hydroxylation sites is 1. The van der Waals surface area contributed by atoms with Crippen molar-refractivity contribution < 1.29 is 9.53 Å². The summed E-state index contributed by atoms with van der Waals surface area (Å²) >= 11 is 0. The quantitative estimate of drug-likeness (QED) is 0.752. The SMILES string of the molecule is COC(=O)Cc1ccc2nc(Nc3ccccc3)n(C)c2c1. The molecule has 3 rings (SSSR count). The van der Waals surface area contributed by atoms with Gasteiger partial charge >= 0.3 is 5.97 Å². The third-order valence-electron chi connectivity index (χ3n) is 3.55. The Bertz CT molecular complexity index is 809. The van der Waals surface area contributed by atoms with Crippen molar-refractivity contribution in [2.45, 2.75) is 6.42 Å². The summed E-state index contributed by atoms with van der Waals surface area (Å²) in [7, 11) is 3.34. The van der Waals surface area contributed by atoms with Gasteiger partial charge in [-0.05, 0) is 29.8 Å². The van der Waals surface area contributed by atoms with Crippen molar-refractivity contribution in [2.75, 3.05) is 12.4 Å². The molecule has 0 bridgehead atoms. The molecule has 5 nitrogen and oxygen atoms in total. The molecule has 0 atom stereocenters. The predicted octanol–water partition coefficient (Wildman–Crippen LogP) is 3.03. The normalized spacial score (nSPS) is 10.6. The molecule has 1 aromatic heterocycles. The molecule has 0 saturated carbocycles. The van der Waals surface area contributed by atoms with Crippen LogP contribution in [-0.2, 0) is 23.0 Å². The number of anilines is 2. The number of nitrogens with zero attached hydrogens (tertiary/aromatic N) is 2. The van der Waals surface area contributed by atoms with Crippen molar-refractivity contribution in [1.82, 2.24) is 9.55 Å². The van der Waals surface area contributed by atoms with Crippen LogP contribution < -0.4 is 5.32 Å². The minimum Gasteiger partial charge on any atom is -0.469 e. The molecule has 3 aromatic rings. The Kier molecular flexibility index (Phi) is 3.78. The Balaban J connectivity index is 1.93. The zero-order valence-corrected chi connectivity index (χ0v) is 12.5. The Morgan fingerprint density at radius 1 is 1.23 bits per heavy atom. The zero-order valence-electron chi connectivity index (χ0n) is 12.5. The monoisotopic (exact) mass is 295 g/mol. The van der Waals surface area contributed by atoms with Gasteiger partial charge in [-0.1, -0.05) is 24.3 Å². The third-order valence-corrected chi connectivity index (χ3v) is 3.55. The molecule has 0 saturated heterocycles. The lowest BCUT2D eigenvalue weighted by Gasteiger charge is -2.06. The summed E-state index contributed by atoms with van der Waals surface area (Å²) < 4.78 is 6.68. The van der Waals surface area contributed by atoms with Crippen molar-refractivity contribution >= 4 is 28.6 Å². The molecule has 0 radical (unpaired) electrons. The molecule has 1 N–H and O–H groups in total. The van der Waals surface area contributed by atoms with Gasteiger partial charge in [0.2, 0.25) is 5.95 Å². The predicted molar refractivity (Wildman–Crippen MR) is 86.2 cm³/mol. The lowest BCUT2D eigenvalue weighted by atomic mass is 10.1. The molecule has 0 spiro atoms. The fraction of sp³-hybridized carbons (Fsp3) is 0.176. The van der Waals surface area contributed by atoms with Crippen LogP contribution in [-0.4, -0.2) is 22.6 Å². The molecule has 0 aliphatic heterocycles. The van der Waals surface area contributed by atoms with E-state index in [9.17, 15) is 4.79 Å². The van der Waals surface area contributed by atoms with Crippen LogP contribution in [0.25, 0.3) is 11.0 Å². The van der Waals surface area contributed by atoms with Gasteiger partial charge in [-0.2, -0.15) is 0 Å². The van der Waals surface area contributed by atoms with E-state index in [1.54, 1.807) is 0 Å². The Morgan fingerprint density at radius 2 is 2.00 bits per heavy atom. The molecular weight excluding hydrogens is 278 g/mol. The summed E-state index contributed by atoms with van der Waals surface area (Å²) in [5.74, 6) is 0.514. The second-order valence-corrected chi connectivity index (χ2v) is 5.06. The van der Waals surface area contributed by atoms with E-state index in [1.807, 2.05) is 60.1 Å². The van der Waals surface area contributed by atoms with Crippen molar-refractivity contribution in [3.63, 3.8) is 0 Å². The van der Waals surface area contributed by atoms with Gasteiger partial charge in [-0.15, -0.1) is 0 Å². The third kappa shape index (κ3) is 2.79. The van der Waals surface area contributed by atoms with E-state index in [4.69, 9.17) is 4.74 Å². The maximum absolute atomic E-state index is 11.4. The van der Waals surface area contributed by atoms with Crippen molar-refractivity contribution in [3.05, 3.63) is 54.1 Å². The molecule has 0 aliphatic carbocycles. The number of hydrogen-bond donors (Lipinski definition) is 1. The standard InChI is InChI=1S/C17H17N3O2/c1-20-15-10-12(11-16(21)22-2)8-9-14(15)19-17(20)18-13-6-4-3-5-7-13/h3-10H,11H2,1-2H3,(H,18,19). The largest absolute Gasteiger partial charge is 0.469 e. The molecule has 0 amide bonds. The molecule has 0 unspecified atom stereocenters. The average Bonchev–Trinajstić information content (AvgIpc) is 2.84. The number of hydrogen-bond acceptors (Lipinski definition) is 4. The smallest absolute Gasteiger partial charge is 0.309 e. The van der Waals surface area contributed by atoms with Gasteiger partial charge in [0, 0.05) is 12.7 Å². The highest BCUT2D eigenvalue weighted by Gasteiger charge is 2.10. The van der Waals surface area contributed by atoms with E-state index in [1.165, 1.54) is 7.11 Å². The number of fused-ring (bicyclic) bond motifs is 1. The van der Waals surface area contributed by atoms with Gasteiger partial charge in [0.25, 0.3) is 0 Å². The first-order valence-electron chi connectivity index (χ1n) is 7.01. The Labute approximate surface area is 128 Å². The number of ether oxygens (including phenoxy) is 1. The fourth-order valence-electron chi connectivity index (χ4n) is 2.35. The van der Waals surface area contributed by atoms with Crippen LogP contribution in [0.3, 0.4) is 0 Å². The van der Waals surface area contributed by atoms with Crippen LogP contribution >= 0.6 is 0 Å². The highest BCUT2D eigenvalue weighted by molar-refractivity contribution is 5.82. The summed E-state index contributed by atoms with van der Waals surface area (Å²) in [6.45, 7) is 0. The van der Waals surface area contributed by atoms with Crippen LogP contribution in [0, 0.1) is 0 Å². The van der Waals surface area contributed by atoms with Crippen molar-refractivity contribution in [2.24, 2.45) is 7.05 Å². The topological polar surface area (TPSA) is 56.1 Å². The maximum Gasteiger partial charge on any atom is 0.309 e. The molecule has 22 heavy (non-hydrogen) atoms. The number of rotatable bonds is 4. The zero-order chi connectivity index (χ0) is 15.5. The van der Waals surface area contributed by atoms with Crippen molar-refractivity contribution in [1.29, 1.82) is 0 Å². The molecular formula is C17H17N3O2. The van der Waals surface area contributed by atoms with E-state index in [2.05, 4.69) is 10.3 Å². The van der Waals surface area contributed by atoms with Crippen LogP contribution in [0.15, 0.2) is 48.5 Å². The number of carbonyl (C=O) groups is 1. The summed E-state index contributed by atoms with van der Waals surface area (Å²) in [5.41, 5.74) is 3.75. The lowest BCUT2D eigenvalue weighted by Crippen LogP contribution is -2.04. The molecule has 112 valence electrons. The number of nitrogens with one attached hydrogen (secondary N) is 1. The number of methoxy groups -OCH3 is 1. The van der Waals surface area contributed by atoms with Crippen LogP contribution in [0.5, 0.6) is 0 Å². The van der Waals surface area contributed by atoms with Crippen LogP contribution in [0.1, 0.15) is 5.56 Å². The molecule has 0 fully saturated rings. The summed E-state index contributed by atoms with van der Waals surface area (Å²) in [6.07, 6.45) is 0.263. The summed E-state index contributed by atoms with van der Waals surface area (Å²) in [5, 5.41) is 3.29. The minimum absolute atomic E-state index is 0.246. The molecule has 2 aromatic carbocycles. The van der Waals surface area contributed by atoms with Crippen LogP contribution in [0.4, 0.5) is 11.6 Å². The maximum atomic E-state index is 11.4. The van der Waals surface area contributed by atoms with E-state index in [0.717, 1.165) is 28.2 Å². The Hall–Kier alpha value is -2.82. The highest BCUT2D eigenvalue weighted by atomic mass is 16.5. The molecule has 5 heteroatoms.